The summed E-state index contributed by atoms with van der Waals surface area (Å²) >= 11 is -1.76. The topological polar surface area (TPSA) is 18.5 Å². The Morgan fingerprint density at radius 1 is 1.31 bits per heavy atom. The van der Waals surface area contributed by atoms with Crippen molar-refractivity contribution in [1.29, 1.82) is 0 Å². The van der Waals surface area contributed by atoms with Gasteiger partial charge in [0.15, 0.2) is 0 Å². The fourth-order valence-corrected chi connectivity index (χ4v) is 5.39. The number of fused-ring (bicyclic) bond motifs is 1. The molecule has 0 fully saturated rings. The van der Waals surface area contributed by atoms with Crippen molar-refractivity contribution in [2.45, 2.75) is 19.4 Å². The minimum absolute atomic E-state index is 0.155. The molecular weight excluding hydrogens is 279 g/mol. The van der Waals surface area contributed by atoms with Crippen molar-refractivity contribution < 1.29 is 6.13 Å². The van der Waals surface area contributed by atoms with Crippen molar-refractivity contribution in [3.8, 4) is 0 Å². The Hall–Kier alpha value is -0.130. The quantitative estimate of drug-likeness (QED) is 0.740. The third kappa shape index (κ3) is 1.49. The van der Waals surface area contributed by atoms with Gasteiger partial charge < -0.3 is 0 Å². The summed E-state index contributed by atoms with van der Waals surface area (Å²) in [6, 6.07) is 8.36. The van der Waals surface area contributed by atoms with Crippen LogP contribution in [0.25, 0.3) is 0 Å². The summed E-state index contributed by atoms with van der Waals surface area (Å²) in [5, 5.41) is 0. The Labute approximate surface area is 86.7 Å². The van der Waals surface area contributed by atoms with E-state index in [-0.39, 0.29) is 5.60 Å². The van der Waals surface area contributed by atoms with E-state index in [0.717, 1.165) is 0 Å². The average molecular weight is 292 g/mol. The Kier molecular flexibility index (Phi) is 2.33. The van der Waals surface area contributed by atoms with Crippen molar-refractivity contribution in [2.24, 2.45) is 0 Å². The predicted octanol–water partition coefficient (Wildman–Crippen LogP) is 3.10. The molecule has 2 rings (SSSR count). The van der Waals surface area contributed by atoms with E-state index in [1.54, 1.807) is 7.11 Å². The number of hydrogen-bond acceptors (Lipinski definition) is 2. The molecule has 0 aliphatic carbocycles. The first-order chi connectivity index (χ1) is 6.15. The molecule has 3 heteroatoms. The maximum atomic E-state index is 5.90. The molecule has 1 heterocycles. The van der Waals surface area contributed by atoms with Crippen LogP contribution in [0.15, 0.2) is 24.3 Å². The van der Waals surface area contributed by atoms with Gasteiger partial charge in [-0.05, 0) is 0 Å². The standard InChI is InChI=1S/C10H13IO2/c1-10(2)8-6-4-5-7-9(8)11(12-3)13-10/h4-7H,1-3H3. The SMILES string of the molecule is COI1OC(C)(C)c2ccccc21. The molecule has 1 aliphatic heterocycles. The summed E-state index contributed by atoms with van der Waals surface area (Å²) in [6.07, 6.45) is 0. The normalized spacial score (nSPS) is 21.6. The Morgan fingerprint density at radius 3 is 2.69 bits per heavy atom. The Balaban J connectivity index is 2.51. The van der Waals surface area contributed by atoms with Gasteiger partial charge in [-0.25, -0.2) is 0 Å². The minimum atomic E-state index is -1.76. The van der Waals surface area contributed by atoms with E-state index in [1.165, 1.54) is 9.13 Å². The third-order valence-corrected chi connectivity index (χ3v) is 6.28. The van der Waals surface area contributed by atoms with Gasteiger partial charge in [-0.15, -0.1) is 0 Å². The summed E-state index contributed by atoms with van der Waals surface area (Å²) in [7, 11) is 1.74. The van der Waals surface area contributed by atoms with Crippen molar-refractivity contribution in [3.05, 3.63) is 33.4 Å². The van der Waals surface area contributed by atoms with Gasteiger partial charge in [-0.3, -0.25) is 0 Å². The van der Waals surface area contributed by atoms with E-state index in [1.807, 2.05) is 6.07 Å². The molecule has 0 amide bonds. The van der Waals surface area contributed by atoms with E-state index in [9.17, 15) is 0 Å². The summed E-state index contributed by atoms with van der Waals surface area (Å²) in [6.45, 7) is 4.20. The molecule has 0 aromatic heterocycles. The van der Waals surface area contributed by atoms with Crippen LogP contribution in [-0.4, -0.2) is 7.11 Å². The summed E-state index contributed by atoms with van der Waals surface area (Å²) in [5.41, 5.74) is 1.14. The first-order valence-corrected chi connectivity index (χ1v) is 7.03. The van der Waals surface area contributed by atoms with Crippen molar-refractivity contribution >= 4 is 20.6 Å². The van der Waals surface area contributed by atoms with Gasteiger partial charge in [0, 0.05) is 0 Å². The van der Waals surface area contributed by atoms with Crippen LogP contribution in [0, 0.1) is 3.57 Å². The Morgan fingerprint density at radius 2 is 2.00 bits per heavy atom. The van der Waals surface area contributed by atoms with E-state index in [2.05, 4.69) is 32.0 Å². The van der Waals surface area contributed by atoms with Crippen LogP contribution in [0.2, 0.25) is 0 Å². The molecule has 0 bridgehead atoms. The van der Waals surface area contributed by atoms with Crippen LogP contribution in [0.3, 0.4) is 0 Å². The molecule has 0 N–H and O–H groups in total. The first-order valence-electron chi connectivity index (χ1n) is 4.19. The molecule has 72 valence electrons. The molecule has 0 unspecified atom stereocenters. The van der Waals surface area contributed by atoms with Crippen LogP contribution in [0.1, 0.15) is 19.4 Å². The summed E-state index contributed by atoms with van der Waals surface area (Å²) < 4.78 is 12.6. The van der Waals surface area contributed by atoms with Crippen molar-refractivity contribution in [2.75, 3.05) is 7.11 Å². The average Bonchev–Trinajstić information content (AvgIpc) is 2.39. The Bertz CT molecular complexity index is 322. The maximum absolute atomic E-state index is 5.90. The second-order valence-corrected chi connectivity index (χ2v) is 7.16. The fraction of sp³-hybridized carbons (Fsp3) is 0.400. The van der Waals surface area contributed by atoms with Crippen LogP contribution >= 0.6 is 20.6 Å². The predicted molar refractivity (Wildman–Crippen MR) is 60.3 cm³/mol. The first kappa shape index (κ1) is 9.43. The number of hydrogen-bond donors (Lipinski definition) is 0. The van der Waals surface area contributed by atoms with Gasteiger partial charge in [-0.2, -0.15) is 0 Å². The molecule has 13 heavy (non-hydrogen) atoms. The molecule has 0 radical (unpaired) electrons. The number of rotatable bonds is 1. The van der Waals surface area contributed by atoms with Crippen LogP contribution in [0.5, 0.6) is 0 Å². The molecule has 1 aromatic carbocycles. The molecule has 0 saturated carbocycles. The van der Waals surface area contributed by atoms with Gasteiger partial charge in [0.05, 0.1) is 0 Å². The molecule has 0 saturated heterocycles. The molecule has 1 aliphatic rings. The molecule has 0 atom stereocenters. The molecule has 2 nitrogen and oxygen atoms in total. The second-order valence-electron chi connectivity index (χ2n) is 3.44. The van der Waals surface area contributed by atoms with E-state index in [4.69, 9.17) is 6.13 Å². The van der Waals surface area contributed by atoms with E-state index in [0.29, 0.717) is 0 Å². The van der Waals surface area contributed by atoms with Gasteiger partial charge in [0.25, 0.3) is 0 Å². The summed E-state index contributed by atoms with van der Waals surface area (Å²) in [4.78, 5) is 0. The van der Waals surface area contributed by atoms with Gasteiger partial charge in [0.1, 0.15) is 0 Å². The second kappa shape index (κ2) is 3.22. The van der Waals surface area contributed by atoms with Crippen LogP contribution < -0.4 is 0 Å². The van der Waals surface area contributed by atoms with Crippen molar-refractivity contribution in [1.82, 2.24) is 0 Å². The fourth-order valence-electron chi connectivity index (χ4n) is 1.46. The molecule has 1 aromatic rings. The monoisotopic (exact) mass is 292 g/mol. The van der Waals surface area contributed by atoms with E-state index >= 15 is 0 Å². The molecule has 0 spiro atoms. The zero-order valence-corrected chi connectivity index (χ0v) is 10.2. The van der Waals surface area contributed by atoms with Gasteiger partial charge >= 0.3 is 86.7 Å². The molecular formula is C10H13IO2. The van der Waals surface area contributed by atoms with Crippen LogP contribution in [0.4, 0.5) is 0 Å². The summed E-state index contributed by atoms with van der Waals surface area (Å²) in [5.74, 6) is 0. The third-order valence-electron chi connectivity index (χ3n) is 2.09. The zero-order chi connectivity index (χ0) is 9.47. The zero-order valence-electron chi connectivity index (χ0n) is 8.00. The van der Waals surface area contributed by atoms with Gasteiger partial charge in [-0.1, -0.05) is 0 Å². The van der Waals surface area contributed by atoms with Crippen LogP contribution in [-0.2, 0) is 11.7 Å². The number of benzene rings is 1. The van der Waals surface area contributed by atoms with Gasteiger partial charge in [0.2, 0.25) is 0 Å². The van der Waals surface area contributed by atoms with E-state index < -0.39 is 20.6 Å². The number of halogens is 1. The van der Waals surface area contributed by atoms with Crippen molar-refractivity contribution in [3.63, 3.8) is 0 Å².